The minimum absolute atomic E-state index is 0.173. The number of benzene rings is 2. The van der Waals surface area contributed by atoms with E-state index in [2.05, 4.69) is 20.9 Å². The topological polar surface area (TPSA) is 109 Å². The highest BCUT2D eigenvalue weighted by Gasteiger charge is 2.10. The molecule has 3 aromatic rings. The van der Waals surface area contributed by atoms with Crippen LogP contribution in [0.1, 0.15) is 29.4 Å². The molecule has 3 amide bonds. The van der Waals surface area contributed by atoms with Crippen LogP contribution >= 0.6 is 11.3 Å². The average molecular weight is 439 g/mol. The first-order chi connectivity index (χ1) is 15.0. The Morgan fingerprint density at radius 2 is 1.65 bits per heavy atom. The fourth-order valence-corrected chi connectivity index (χ4v) is 3.37. The maximum absolute atomic E-state index is 12.2. The Balaban J connectivity index is 1.44. The summed E-state index contributed by atoms with van der Waals surface area (Å²) in [4.78, 5) is 40.2. The van der Waals surface area contributed by atoms with Crippen molar-refractivity contribution in [2.45, 2.75) is 19.8 Å². The van der Waals surface area contributed by atoms with Crippen LogP contribution in [-0.4, -0.2) is 29.5 Å². The van der Waals surface area contributed by atoms with Gasteiger partial charge in [0.2, 0.25) is 5.91 Å². The Morgan fingerprint density at radius 3 is 2.35 bits per heavy atom. The number of urea groups is 1. The van der Waals surface area contributed by atoms with Gasteiger partial charge in [-0.15, -0.1) is 11.3 Å². The molecule has 0 unspecified atom stereocenters. The number of para-hydroxylation sites is 1. The predicted octanol–water partition coefficient (Wildman–Crippen LogP) is 4.54. The third-order valence-corrected chi connectivity index (χ3v) is 4.90. The molecule has 0 aliphatic rings. The summed E-state index contributed by atoms with van der Waals surface area (Å²) in [5.74, 6) is -0.570. The Morgan fingerprint density at radius 1 is 0.935 bits per heavy atom. The van der Waals surface area contributed by atoms with Crippen molar-refractivity contribution in [3.63, 3.8) is 0 Å². The summed E-state index contributed by atoms with van der Waals surface area (Å²) in [6.07, 6.45) is 0.671. The van der Waals surface area contributed by atoms with Crippen LogP contribution in [0.5, 0.6) is 0 Å². The van der Waals surface area contributed by atoms with Crippen molar-refractivity contribution in [3.8, 4) is 0 Å². The summed E-state index contributed by atoms with van der Waals surface area (Å²) in [5.41, 5.74) is 2.42. The second kappa shape index (κ2) is 10.9. The van der Waals surface area contributed by atoms with Crippen LogP contribution in [0.2, 0.25) is 0 Å². The molecule has 8 nitrogen and oxygen atoms in total. The first-order valence-electron chi connectivity index (χ1n) is 9.68. The smallest absolute Gasteiger partial charge is 0.338 e. The molecule has 0 aliphatic carbocycles. The maximum Gasteiger partial charge on any atom is 0.338 e. The molecule has 31 heavy (non-hydrogen) atoms. The molecule has 160 valence electrons. The van der Waals surface area contributed by atoms with Gasteiger partial charge >= 0.3 is 12.0 Å². The Hall–Kier alpha value is -3.72. The van der Waals surface area contributed by atoms with E-state index in [1.807, 2.05) is 18.2 Å². The molecule has 2 aromatic carbocycles. The highest BCUT2D eigenvalue weighted by molar-refractivity contribution is 7.13. The number of rotatable bonds is 8. The lowest BCUT2D eigenvalue weighted by molar-refractivity contribution is -0.116. The number of nitrogens with zero attached hydrogens (tertiary/aromatic N) is 1. The molecule has 3 N–H and O–H groups in total. The van der Waals surface area contributed by atoms with Gasteiger partial charge in [0.1, 0.15) is 0 Å². The molecule has 0 bridgehead atoms. The summed E-state index contributed by atoms with van der Waals surface area (Å²) in [6, 6.07) is 15.2. The number of ether oxygens (including phenoxy) is 1. The van der Waals surface area contributed by atoms with Gasteiger partial charge in [-0.05, 0) is 49.7 Å². The summed E-state index contributed by atoms with van der Waals surface area (Å²) in [5, 5.41) is 10.4. The molecular formula is C22H22N4O4S. The normalized spacial score (nSPS) is 10.2. The van der Waals surface area contributed by atoms with E-state index in [1.54, 1.807) is 48.7 Å². The Labute approximate surface area is 183 Å². The first kappa shape index (κ1) is 22.0. The molecule has 0 fully saturated rings. The van der Waals surface area contributed by atoms with E-state index in [9.17, 15) is 14.4 Å². The summed E-state index contributed by atoms with van der Waals surface area (Å²) in [6.45, 7) is 2.05. The van der Waals surface area contributed by atoms with Crippen LogP contribution in [0.3, 0.4) is 0 Å². The second-order valence-electron chi connectivity index (χ2n) is 6.44. The van der Waals surface area contributed by atoms with Crippen LogP contribution < -0.4 is 16.0 Å². The Kier molecular flexibility index (Phi) is 7.72. The molecular weight excluding hydrogens is 416 g/mol. The SMILES string of the molecule is CCOC(=O)c1ccc(NC(=O)CCc2csc(NC(=O)Nc3ccccc3)n2)cc1. The Bertz CT molecular complexity index is 1040. The van der Waals surface area contributed by atoms with Crippen LogP contribution in [0.4, 0.5) is 21.3 Å². The van der Waals surface area contributed by atoms with Gasteiger partial charge < -0.3 is 15.4 Å². The summed E-state index contributed by atoms with van der Waals surface area (Å²) < 4.78 is 4.93. The van der Waals surface area contributed by atoms with Gasteiger partial charge in [-0.3, -0.25) is 10.1 Å². The van der Waals surface area contributed by atoms with E-state index in [0.717, 1.165) is 0 Å². The van der Waals surface area contributed by atoms with Crippen LogP contribution in [-0.2, 0) is 16.0 Å². The number of nitrogens with one attached hydrogen (secondary N) is 3. The third kappa shape index (κ3) is 6.93. The van der Waals surface area contributed by atoms with E-state index in [1.165, 1.54) is 11.3 Å². The maximum atomic E-state index is 12.2. The van der Waals surface area contributed by atoms with E-state index < -0.39 is 5.97 Å². The quantitative estimate of drug-likeness (QED) is 0.448. The monoisotopic (exact) mass is 438 g/mol. The number of carbonyl (C=O) groups is 3. The van der Waals surface area contributed by atoms with Crippen molar-refractivity contribution >= 4 is 45.8 Å². The minimum atomic E-state index is -0.397. The van der Waals surface area contributed by atoms with Gasteiger partial charge in [0.15, 0.2) is 5.13 Å². The fraction of sp³-hybridized carbons (Fsp3) is 0.182. The van der Waals surface area contributed by atoms with Crippen LogP contribution in [0, 0.1) is 0 Å². The number of carbonyl (C=O) groups excluding carboxylic acids is 3. The molecule has 0 radical (unpaired) electrons. The van der Waals surface area contributed by atoms with Crippen molar-refractivity contribution in [2.24, 2.45) is 0 Å². The lowest BCUT2D eigenvalue weighted by Crippen LogP contribution is -2.19. The highest BCUT2D eigenvalue weighted by atomic mass is 32.1. The number of hydrogen-bond donors (Lipinski definition) is 3. The van der Waals surface area contributed by atoms with Crippen molar-refractivity contribution in [1.82, 2.24) is 4.98 Å². The molecule has 3 rings (SSSR count). The molecule has 9 heteroatoms. The highest BCUT2D eigenvalue weighted by Crippen LogP contribution is 2.18. The predicted molar refractivity (Wildman–Crippen MR) is 121 cm³/mol. The van der Waals surface area contributed by atoms with Crippen molar-refractivity contribution in [1.29, 1.82) is 0 Å². The number of thiazole rings is 1. The third-order valence-electron chi connectivity index (χ3n) is 4.09. The van der Waals surface area contributed by atoms with E-state index >= 15 is 0 Å². The van der Waals surface area contributed by atoms with Gasteiger partial charge in [-0.1, -0.05) is 18.2 Å². The van der Waals surface area contributed by atoms with Gasteiger partial charge in [0.25, 0.3) is 0 Å². The number of anilines is 3. The molecule has 1 aromatic heterocycles. The number of amides is 3. The number of aromatic nitrogens is 1. The van der Waals surface area contributed by atoms with Crippen molar-refractivity contribution in [3.05, 3.63) is 71.2 Å². The van der Waals surface area contributed by atoms with Crippen molar-refractivity contribution in [2.75, 3.05) is 22.6 Å². The van der Waals surface area contributed by atoms with Gasteiger partial charge in [0, 0.05) is 23.2 Å². The molecule has 0 atom stereocenters. The van der Waals surface area contributed by atoms with Crippen LogP contribution in [0.25, 0.3) is 0 Å². The van der Waals surface area contributed by atoms with Crippen molar-refractivity contribution < 1.29 is 19.1 Å². The number of aryl methyl sites for hydroxylation is 1. The molecule has 0 aliphatic heterocycles. The molecule has 1 heterocycles. The van der Waals surface area contributed by atoms with E-state index in [-0.39, 0.29) is 18.4 Å². The first-order valence-corrected chi connectivity index (χ1v) is 10.6. The van der Waals surface area contributed by atoms with Gasteiger partial charge in [-0.2, -0.15) is 0 Å². The molecule has 0 spiro atoms. The lowest BCUT2D eigenvalue weighted by Gasteiger charge is -2.06. The van der Waals surface area contributed by atoms with Gasteiger partial charge in [-0.25, -0.2) is 14.6 Å². The van der Waals surface area contributed by atoms with E-state index in [0.29, 0.717) is 40.8 Å². The van der Waals surface area contributed by atoms with Crippen LogP contribution in [0.15, 0.2) is 60.0 Å². The summed E-state index contributed by atoms with van der Waals surface area (Å²) in [7, 11) is 0. The van der Waals surface area contributed by atoms with E-state index in [4.69, 9.17) is 4.74 Å². The zero-order valence-corrected chi connectivity index (χ0v) is 17.7. The largest absolute Gasteiger partial charge is 0.462 e. The van der Waals surface area contributed by atoms with Gasteiger partial charge in [0.05, 0.1) is 17.9 Å². The fourth-order valence-electron chi connectivity index (χ4n) is 2.63. The zero-order chi connectivity index (χ0) is 22.1. The number of hydrogen-bond acceptors (Lipinski definition) is 6. The molecule has 0 saturated carbocycles. The standard InChI is InChI=1S/C22H22N4O4S/c1-2-30-20(28)15-8-10-17(11-9-15)23-19(27)13-12-18-14-31-22(25-18)26-21(29)24-16-6-4-3-5-7-16/h3-11,14H,2,12-13H2,1H3,(H,23,27)(H2,24,25,26,29). The summed E-state index contributed by atoms with van der Waals surface area (Å²) >= 11 is 1.29. The molecule has 0 saturated heterocycles. The minimum Gasteiger partial charge on any atom is -0.462 e. The lowest BCUT2D eigenvalue weighted by atomic mass is 10.2. The average Bonchev–Trinajstić information content (AvgIpc) is 3.21. The second-order valence-corrected chi connectivity index (χ2v) is 7.29. The number of esters is 1. The zero-order valence-electron chi connectivity index (χ0n) is 16.9.